The Bertz CT molecular complexity index is 1190. The average Bonchev–Trinajstić information content (AvgIpc) is 2.86. The Morgan fingerprint density at radius 3 is 1.48 bits per heavy atom. The van der Waals surface area contributed by atoms with Crippen LogP contribution < -0.4 is 14.9 Å². The van der Waals surface area contributed by atoms with Gasteiger partial charge in [0.25, 0.3) is 0 Å². The maximum atomic E-state index is 2.66. The third-order valence-corrected chi connectivity index (χ3v) is 12.6. The van der Waals surface area contributed by atoms with Gasteiger partial charge in [0.2, 0.25) is 0 Å². The second kappa shape index (κ2) is 9.78. The summed E-state index contributed by atoms with van der Waals surface area (Å²) in [6.45, 7) is 9.82. The Morgan fingerprint density at radius 1 is 0.545 bits per heavy atom. The Kier molecular flexibility index (Phi) is 6.82. The Labute approximate surface area is 201 Å². The third kappa shape index (κ3) is 5.10. The van der Waals surface area contributed by atoms with E-state index in [0.717, 1.165) is 0 Å². The lowest BCUT2D eigenvalue weighted by Gasteiger charge is -2.42. The molecule has 0 N–H and O–H groups in total. The maximum Gasteiger partial charge on any atom is 0.187 e. The minimum atomic E-state index is -2.11. The number of benzene rings is 4. The average molecular weight is 464 g/mol. The molecule has 0 spiro atoms. The molecule has 0 saturated heterocycles. The summed E-state index contributed by atoms with van der Waals surface area (Å²) in [5.74, 6) is 0. The van der Waals surface area contributed by atoms with Crippen molar-refractivity contribution >= 4 is 38.1 Å². The van der Waals surface area contributed by atoms with E-state index in [1.165, 1.54) is 27.3 Å². The van der Waals surface area contributed by atoms with E-state index in [4.69, 9.17) is 0 Å². The highest BCUT2D eigenvalue weighted by molar-refractivity contribution is 6.96. The molecule has 3 heteroatoms. The molecular formula is C30H33NSi2. The monoisotopic (exact) mass is 463 g/mol. The highest BCUT2D eigenvalue weighted by atomic mass is 28.3. The molecule has 4 rings (SSSR count). The van der Waals surface area contributed by atoms with E-state index < -0.39 is 16.3 Å². The molecule has 0 atom stereocenters. The molecule has 0 unspecified atom stereocenters. The highest BCUT2D eigenvalue weighted by Crippen LogP contribution is 2.33. The van der Waals surface area contributed by atoms with Gasteiger partial charge in [0.1, 0.15) is 8.07 Å². The minimum Gasteiger partial charge on any atom is -0.365 e. The number of hydrogen-bond donors (Lipinski definition) is 0. The van der Waals surface area contributed by atoms with E-state index in [0.29, 0.717) is 0 Å². The number of nitrogens with zero attached hydrogens (tertiary/aromatic N) is 1. The van der Waals surface area contributed by atoms with Gasteiger partial charge in [-0.2, -0.15) is 0 Å². The fourth-order valence-electron chi connectivity index (χ4n) is 4.49. The molecule has 0 fully saturated rings. The van der Waals surface area contributed by atoms with Crippen LogP contribution in [0, 0.1) is 0 Å². The first kappa shape index (κ1) is 23.0. The van der Waals surface area contributed by atoms with Crippen LogP contribution in [-0.2, 0) is 0 Å². The summed E-state index contributed by atoms with van der Waals surface area (Å²) in [7, 11) is -3.99. The largest absolute Gasteiger partial charge is 0.365 e. The van der Waals surface area contributed by atoms with Gasteiger partial charge in [-0.1, -0.05) is 133 Å². The van der Waals surface area contributed by atoms with Gasteiger partial charge >= 0.3 is 0 Å². The highest BCUT2D eigenvalue weighted by Gasteiger charge is 2.36. The first-order valence-electron chi connectivity index (χ1n) is 11.6. The van der Waals surface area contributed by atoms with Gasteiger partial charge < -0.3 is 4.57 Å². The number of anilines is 1. The van der Waals surface area contributed by atoms with Crippen LogP contribution in [0.5, 0.6) is 0 Å². The van der Waals surface area contributed by atoms with E-state index in [-0.39, 0.29) is 0 Å². The van der Waals surface area contributed by atoms with Crippen molar-refractivity contribution in [2.45, 2.75) is 26.2 Å². The molecule has 0 bridgehead atoms. The van der Waals surface area contributed by atoms with E-state index in [1.807, 2.05) is 0 Å². The number of hydrogen-bond acceptors (Lipinski definition) is 1. The smallest absolute Gasteiger partial charge is 0.187 e. The van der Waals surface area contributed by atoms with E-state index in [1.54, 1.807) is 0 Å². The fraction of sp³-hybridized carbons (Fsp3) is 0.133. The summed E-state index contributed by atoms with van der Waals surface area (Å²) in [5.41, 5.74) is 6.45. The zero-order chi connectivity index (χ0) is 23.3. The van der Waals surface area contributed by atoms with Gasteiger partial charge in [-0.25, -0.2) is 0 Å². The van der Waals surface area contributed by atoms with Crippen LogP contribution in [-0.4, -0.2) is 16.3 Å². The molecule has 0 saturated carbocycles. The second-order valence-corrected chi connectivity index (χ2v) is 18.0. The molecule has 4 aromatic rings. The van der Waals surface area contributed by atoms with Gasteiger partial charge in [0.05, 0.1) is 0 Å². The molecule has 0 aliphatic rings. The fourth-order valence-corrected chi connectivity index (χ4v) is 9.68. The van der Waals surface area contributed by atoms with Gasteiger partial charge in [-0.3, -0.25) is 0 Å². The van der Waals surface area contributed by atoms with Gasteiger partial charge in [0.15, 0.2) is 8.24 Å². The molecule has 4 aromatic carbocycles. The lowest BCUT2D eigenvalue weighted by molar-refractivity contribution is 1.34. The van der Waals surface area contributed by atoms with Crippen molar-refractivity contribution in [2.24, 2.45) is 0 Å². The van der Waals surface area contributed by atoms with Gasteiger partial charge in [-0.15, -0.1) is 0 Å². The molecule has 0 heterocycles. The minimum absolute atomic E-state index is 1.26. The predicted molar refractivity (Wildman–Crippen MR) is 150 cm³/mol. The molecule has 1 nitrogen and oxygen atoms in total. The van der Waals surface area contributed by atoms with Crippen molar-refractivity contribution in [3.8, 4) is 0 Å². The summed E-state index contributed by atoms with van der Waals surface area (Å²) in [4.78, 5) is 0. The maximum absolute atomic E-state index is 2.66. The molecule has 0 radical (unpaired) electrons. The van der Waals surface area contributed by atoms with Crippen LogP contribution >= 0.6 is 0 Å². The summed E-state index contributed by atoms with van der Waals surface area (Å²) in [6, 6.07) is 43.9. The van der Waals surface area contributed by atoms with Crippen molar-refractivity contribution in [3.63, 3.8) is 0 Å². The third-order valence-electron chi connectivity index (χ3n) is 6.38. The van der Waals surface area contributed by atoms with Crippen LogP contribution in [0.4, 0.5) is 5.69 Å². The van der Waals surface area contributed by atoms with Crippen molar-refractivity contribution < 1.29 is 0 Å². The van der Waals surface area contributed by atoms with Crippen molar-refractivity contribution in [3.05, 3.63) is 133 Å². The van der Waals surface area contributed by atoms with Crippen molar-refractivity contribution in [1.82, 2.24) is 0 Å². The first-order chi connectivity index (χ1) is 15.9. The molecule has 0 aliphatic heterocycles. The molecule has 0 amide bonds. The predicted octanol–water partition coefficient (Wildman–Crippen LogP) is 6.80. The zero-order valence-electron chi connectivity index (χ0n) is 20.1. The Hall–Kier alpha value is -3.15. The Morgan fingerprint density at radius 2 is 0.970 bits per heavy atom. The standard InChI is InChI=1S/C30H33NSi2/c1-32(2,28-21-13-7-14-22-28)25-30(26-17-9-5-10-18-26)31(27-19-11-6-12-20-27)33(3,4)29-23-15-8-16-24-29/h5-25H,1-4H3/b30-25+. The molecule has 166 valence electrons. The second-order valence-electron chi connectivity index (χ2n) is 9.58. The van der Waals surface area contributed by atoms with E-state index >= 15 is 0 Å². The molecular weight excluding hydrogens is 431 g/mol. The summed E-state index contributed by atoms with van der Waals surface area (Å²) < 4.78 is 2.66. The summed E-state index contributed by atoms with van der Waals surface area (Å²) in [5, 5.41) is 2.88. The number of rotatable bonds is 7. The summed E-state index contributed by atoms with van der Waals surface area (Å²) >= 11 is 0. The van der Waals surface area contributed by atoms with Crippen LogP contribution in [0.2, 0.25) is 26.2 Å². The van der Waals surface area contributed by atoms with Crippen LogP contribution in [0.1, 0.15) is 5.56 Å². The van der Waals surface area contributed by atoms with Gasteiger partial charge in [0, 0.05) is 11.4 Å². The van der Waals surface area contributed by atoms with Crippen LogP contribution in [0.25, 0.3) is 5.70 Å². The topological polar surface area (TPSA) is 3.24 Å². The lowest BCUT2D eigenvalue weighted by atomic mass is 10.1. The Balaban J connectivity index is 1.97. The molecule has 33 heavy (non-hydrogen) atoms. The van der Waals surface area contributed by atoms with Gasteiger partial charge in [-0.05, 0) is 36.0 Å². The molecule has 0 aromatic heterocycles. The lowest BCUT2D eigenvalue weighted by Crippen LogP contribution is -2.58. The van der Waals surface area contributed by atoms with Crippen molar-refractivity contribution in [1.29, 1.82) is 0 Å². The van der Waals surface area contributed by atoms with Crippen LogP contribution in [0.15, 0.2) is 127 Å². The van der Waals surface area contributed by atoms with E-state index in [9.17, 15) is 0 Å². The van der Waals surface area contributed by atoms with Crippen molar-refractivity contribution in [2.75, 3.05) is 4.57 Å². The normalized spacial score (nSPS) is 12.4. The quantitative estimate of drug-likeness (QED) is 0.272. The zero-order valence-corrected chi connectivity index (χ0v) is 22.1. The first-order valence-corrected chi connectivity index (χ1v) is 17.7. The summed E-state index contributed by atoms with van der Waals surface area (Å²) in [6.07, 6.45) is 0. The van der Waals surface area contributed by atoms with E-state index in [2.05, 4.69) is 158 Å². The molecule has 0 aliphatic carbocycles. The van der Waals surface area contributed by atoms with Crippen LogP contribution in [0.3, 0.4) is 0 Å². The SMILES string of the molecule is C[Si](C)(/C=C(\c1ccccc1)N(c1ccccc1)[Si](C)(C)c1ccccc1)c1ccccc1. The number of para-hydroxylation sites is 1.